The minimum absolute atomic E-state index is 0.141. The fourth-order valence-corrected chi connectivity index (χ4v) is 4.30. The molecule has 0 spiro atoms. The molecule has 1 fully saturated rings. The zero-order valence-corrected chi connectivity index (χ0v) is 17.0. The standard InChI is InChI=1S/C24H27NO3/c1-23(2)14-17(15-24(3,4)28-23)13-21(26)18-9-11-20(12-10-18)27-22-8-6-5-7-19(22)16-25/h5-12,17H,13-15H2,1-4H3. The largest absolute Gasteiger partial charge is 0.456 e. The van der Waals surface area contributed by atoms with Crippen LogP contribution in [0.2, 0.25) is 0 Å². The molecule has 1 aliphatic heterocycles. The number of para-hydroxylation sites is 1. The van der Waals surface area contributed by atoms with E-state index in [4.69, 9.17) is 14.7 Å². The second-order valence-corrected chi connectivity index (χ2v) is 8.76. The molecule has 0 atom stereocenters. The summed E-state index contributed by atoms with van der Waals surface area (Å²) in [5.41, 5.74) is 0.743. The van der Waals surface area contributed by atoms with Crippen LogP contribution < -0.4 is 4.74 Å². The van der Waals surface area contributed by atoms with E-state index in [0.717, 1.165) is 12.8 Å². The second-order valence-electron chi connectivity index (χ2n) is 8.76. The van der Waals surface area contributed by atoms with Crippen LogP contribution in [0.4, 0.5) is 0 Å². The molecule has 4 heteroatoms. The summed E-state index contributed by atoms with van der Waals surface area (Å²) in [6.45, 7) is 8.38. The lowest BCUT2D eigenvalue weighted by Gasteiger charge is -2.45. The highest BCUT2D eigenvalue weighted by Gasteiger charge is 2.39. The average molecular weight is 377 g/mol. The monoisotopic (exact) mass is 377 g/mol. The average Bonchev–Trinajstić information content (AvgIpc) is 2.60. The van der Waals surface area contributed by atoms with E-state index in [1.807, 2.05) is 6.07 Å². The van der Waals surface area contributed by atoms with Crippen LogP contribution in [0.25, 0.3) is 0 Å². The zero-order chi connectivity index (χ0) is 20.4. The van der Waals surface area contributed by atoms with Crippen molar-refractivity contribution in [1.82, 2.24) is 0 Å². The van der Waals surface area contributed by atoms with E-state index in [0.29, 0.717) is 35.0 Å². The van der Waals surface area contributed by atoms with Gasteiger partial charge in [-0.15, -0.1) is 0 Å². The van der Waals surface area contributed by atoms with Gasteiger partial charge in [-0.3, -0.25) is 4.79 Å². The number of ketones is 1. The first-order valence-electron chi connectivity index (χ1n) is 9.68. The summed E-state index contributed by atoms with van der Waals surface area (Å²) in [6, 6.07) is 16.3. The highest BCUT2D eigenvalue weighted by Crippen LogP contribution is 2.40. The van der Waals surface area contributed by atoms with E-state index in [1.165, 1.54) is 0 Å². The number of rotatable bonds is 5. The van der Waals surface area contributed by atoms with E-state index in [1.54, 1.807) is 42.5 Å². The van der Waals surface area contributed by atoms with Crippen LogP contribution in [-0.4, -0.2) is 17.0 Å². The van der Waals surface area contributed by atoms with Gasteiger partial charge in [-0.1, -0.05) is 12.1 Å². The molecule has 0 unspecified atom stereocenters. The fourth-order valence-electron chi connectivity index (χ4n) is 4.30. The Bertz CT molecular complexity index is 875. The molecule has 0 N–H and O–H groups in total. The van der Waals surface area contributed by atoms with Crippen molar-refractivity contribution >= 4 is 5.78 Å². The molecule has 3 rings (SSSR count). The van der Waals surface area contributed by atoms with Crippen molar-refractivity contribution in [3.63, 3.8) is 0 Å². The van der Waals surface area contributed by atoms with Crippen molar-refractivity contribution in [2.75, 3.05) is 0 Å². The Morgan fingerprint density at radius 1 is 1.07 bits per heavy atom. The molecule has 1 heterocycles. The molecule has 2 aromatic rings. The molecule has 1 saturated heterocycles. The maximum Gasteiger partial charge on any atom is 0.163 e. The molecule has 0 radical (unpaired) electrons. The number of carbonyl (C=O) groups is 1. The molecule has 4 nitrogen and oxygen atoms in total. The van der Waals surface area contributed by atoms with Crippen LogP contribution in [0.3, 0.4) is 0 Å². The van der Waals surface area contributed by atoms with Gasteiger partial charge >= 0.3 is 0 Å². The van der Waals surface area contributed by atoms with E-state index in [9.17, 15) is 4.79 Å². The van der Waals surface area contributed by atoms with E-state index in [2.05, 4.69) is 33.8 Å². The van der Waals surface area contributed by atoms with Crippen molar-refractivity contribution < 1.29 is 14.3 Å². The third kappa shape index (κ3) is 4.99. The Morgan fingerprint density at radius 3 is 2.29 bits per heavy atom. The number of nitriles is 1. The van der Waals surface area contributed by atoms with Gasteiger partial charge in [0.1, 0.15) is 17.6 Å². The second kappa shape index (κ2) is 7.77. The van der Waals surface area contributed by atoms with Crippen molar-refractivity contribution in [3.05, 3.63) is 59.7 Å². The molecule has 28 heavy (non-hydrogen) atoms. The first-order valence-corrected chi connectivity index (χ1v) is 9.68. The fraction of sp³-hybridized carbons (Fsp3) is 0.417. The van der Waals surface area contributed by atoms with Gasteiger partial charge < -0.3 is 9.47 Å². The van der Waals surface area contributed by atoms with Crippen molar-refractivity contribution in [3.8, 4) is 17.6 Å². The van der Waals surface area contributed by atoms with Gasteiger partial charge in [0.25, 0.3) is 0 Å². The van der Waals surface area contributed by atoms with Crippen molar-refractivity contribution in [2.45, 2.75) is 58.2 Å². The van der Waals surface area contributed by atoms with Gasteiger partial charge in [0.15, 0.2) is 5.78 Å². The highest BCUT2D eigenvalue weighted by molar-refractivity contribution is 5.96. The number of Topliss-reactive ketones (excluding diaryl/α,β-unsaturated/α-hetero) is 1. The summed E-state index contributed by atoms with van der Waals surface area (Å²) in [5, 5.41) is 9.16. The van der Waals surface area contributed by atoms with Crippen molar-refractivity contribution in [1.29, 1.82) is 5.26 Å². The first-order chi connectivity index (χ1) is 13.2. The topological polar surface area (TPSA) is 59.3 Å². The SMILES string of the molecule is CC1(C)CC(CC(=O)c2ccc(Oc3ccccc3C#N)cc2)CC(C)(C)O1. The number of hydrogen-bond acceptors (Lipinski definition) is 4. The lowest BCUT2D eigenvalue weighted by molar-refractivity contribution is -0.171. The Morgan fingerprint density at radius 2 is 1.68 bits per heavy atom. The summed E-state index contributed by atoms with van der Waals surface area (Å²) in [6.07, 6.45) is 2.29. The van der Waals surface area contributed by atoms with Crippen LogP contribution in [0.1, 0.15) is 62.9 Å². The number of nitrogens with zero attached hydrogens (tertiary/aromatic N) is 1. The molecule has 0 aliphatic carbocycles. The van der Waals surface area contributed by atoms with Gasteiger partial charge in [-0.2, -0.15) is 5.26 Å². The molecule has 2 aromatic carbocycles. The summed E-state index contributed by atoms with van der Waals surface area (Å²) in [5.74, 6) is 1.57. The first kappa shape index (κ1) is 20.1. The third-order valence-corrected chi connectivity index (χ3v) is 5.00. The Kier molecular flexibility index (Phi) is 5.58. The van der Waals surface area contributed by atoms with Crippen LogP contribution in [0.5, 0.6) is 11.5 Å². The minimum atomic E-state index is -0.210. The lowest BCUT2D eigenvalue weighted by atomic mass is 9.78. The van der Waals surface area contributed by atoms with Gasteiger partial charge in [0.2, 0.25) is 0 Å². The summed E-state index contributed by atoms with van der Waals surface area (Å²) in [4.78, 5) is 12.8. The molecular formula is C24H27NO3. The molecule has 0 bridgehead atoms. The molecule has 0 aromatic heterocycles. The Labute approximate surface area is 167 Å². The lowest BCUT2D eigenvalue weighted by Crippen LogP contribution is -2.45. The normalized spacial score (nSPS) is 18.2. The maximum atomic E-state index is 12.8. The number of ether oxygens (including phenoxy) is 2. The third-order valence-electron chi connectivity index (χ3n) is 5.00. The Hall–Kier alpha value is -2.64. The molecule has 0 amide bonds. The van der Waals surface area contributed by atoms with Gasteiger partial charge in [0, 0.05) is 12.0 Å². The van der Waals surface area contributed by atoms with Crippen LogP contribution in [0.15, 0.2) is 48.5 Å². The van der Waals surface area contributed by atoms with Crippen LogP contribution in [-0.2, 0) is 4.74 Å². The summed E-state index contributed by atoms with van der Waals surface area (Å²) in [7, 11) is 0. The predicted molar refractivity (Wildman–Crippen MR) is 109 cm³/mol. The molecule has 1 aliphatic rings. The Balaban J connectivity index is 1.66. The van der Waals surface area contributed by atoms with E-state index < -0.39 is 0 Å². The maximum absolute atomic E-state index is 12.8. The quantitative estimate of drug-likeness (QED) is 0.608. The highest BCUT2D eigenvalue weighted by atomic mass is 16.5. The number of benzene rings is 2. The van der Waals surface area contributed by atoms with Gasteiger partial charge in [-0.25, -0.2) is 0 Å². The zero-order valence-electron chi connectivity index (χ0n) is 17.0. The minimum Gasteiger partial charge on any atom is -0.456 e. The van der Waals surface area contributed by atoms with E-state index in [-0.39, 0.29) is 17.0 Å². The van der Waals surface area contributed by atoms with Crippen LogP contribution >= 0.6 is 0 Å². The molecule has 146 valence electrons. The molecule has 0 saturated carbocycles. The smallest absolute Gasteiger partial charge is 0.163 e. The predicted octanol–water partition coefficient (Wildman–Crippen LogP) is 5.91. The van der Waals surface area contributed by atoms with Crippen LogP contribution in [0, 0.1) is 17.2 Å². The number of hydrogen-bond donors (Lipinski definition) is 0. The van der Waals surface area contributed by atoms with E-state index >= 15 is 0 Å². The van der Waals surface area contributed by atoms with Crippen molar-refractivity contribution in [2.24, 2.45) is 5.92 Å². The van der Waals surface area contributed by atoms with Gasteiger partial charge in [-0.05, 0) is 82.9 Å². The van der Waals surface area contributed by atoms with Gasteiger partial charge in [0.05, 0.1) is 16.8 Å². The molecular weight excluding hydrogens is 350 g/mol. The summed E-state index contributed by atoms with van der Waals surface area (Å²) >= 11 is 0. The summed E-state index contributed by atoms with van der Waals surface area (Å²) < 4.78 is 11.9. The number of carbonyl (C=O) groups excluding carboxylic acids is 1.